The molecule has 2 amide bonds. The molecule has 1 unspecified atom stereocenters. The van der Waals surface area contributed by atoms with Crippen molar-refractivity contribution in [3.8, 4) is 5.75 Å². The number of ether oxygens (including phenoxy) is 2. The van der Waals surface area contributed by atoms with Crippen molar-refractivity contribution < 1.29 is 23.5 Å². The Morgan fingerprint density at radius 2 is 2.17 bits per heavy atom. The smallest absolute Gasteiger partial charge is 0.256 e. The van der Waals surface area contributed by atoms with Crippen LogP contribution < -0.4 is 15.8 Å². The molecule has 1 aliphatic rings. The van der Waals surface area contributed by atoms with Gasteiger partial charge in [-0.1, -0.05) is 6.07 Å². The minimum atomic E-state index is -1.21. The summed E-state index contributed by atoms with van der Waals surface area (Å²) >= 11 is 0. The van der Waals surface area contributed by atoms with Gasteiger partial charge in [0.15, 0.2) is 0 Å². The molecule has 8 nitrogen and oxygen atoms in total. The number of carbonyl (C=O) groups is 2. The standard InChI is InChI=1S/C21H21N3O5/c1-13-18(19(25)24-21(20(22)26)7-9-27-12-21)16-10-15(5-6-17(16)29-13)28-11-14-4-2-3-8-23-14/h2-6,8,10H,7,9,11-12H2,1H3,(H2,22,26)(H,24,25). The van der Waals surface area contributed by atoms with Crippen LogP contribution in [0.15, 0.2) is 47.0 Å². The van der Waals surface area contributed by atoms with Gasteiger partial charge in [0.25, 0.3) is 5.91 Å². The number of aryl methyl sites for hydroxylation is 1. The van der Waals surface area contributed by atoms with Crippen LogP contribution in [0, 0.1) is 6.92 Å². The summed E-state index contributed by atoms with van der Waals surface area (Å²) in [5.74, 6) is -0.0367. The first-order valence-corrected chi connectivity index (χ1v) is 9.24. The van der Waals surface area contributed by atoms with Crippen LogP contribution in [0.25, 0.3) is 11.0 Å². The molecule has 1 aromatic carbocycles. The maximum absolute atomic E-state index is 13.0. The Morgan fingerprint density at radius 1 is 1.31 bits per heavy atom. The van der Waals surface area contributed by atoms with E-state index in [-0.39, 0.29) is 6.61 Å². The summed E-state index contributed by atoms with van der Waals surface area (Å²) < 4.78 is 16.8. The summed E-state index contributed by atoms with van der Waals surface area (Å²) in [4.78, 5) is 29.2. The fourth-order valence-electron chi connectivity index (χ4n) is 3.41. The SMILES string of the molecule is Cc1oc2ccc(OCc3ccccn3)cc2c1C(=O)NC1(C(N)=O)CCOC1. The van der Waals surface area contributed by atoms with Crippen molar-refractivity contribution in [3.63, 3.8) is 0 Å². The van der Waals surface area contributed by atoms with E-state index in [1.165, 1.54) is 0 Å². The van der Waals surface area contributed by atoms with Crippen LogP contribution in [-0.4, -0.2) is 35.6 Å². The third-order valence-electron chi connectivity index (χ3n) is 5.02. The highest BCUT2D eigenvalue weighted by molar-refractivity contribution is 6.09. The van der Waals surface area contributed by atoms with Gasteiger partial charge in [0, 0.05) is 24.6 Å². The number of nitrogens with zero attached hydrogens (tertiary/aromatic N) is 1. The van der Waals surface area contributed by atoms with Crippen LogP contribution in [0.2, 0.25) is 0 Å². The lowest BCUT2D eigenvalue weighted by Crippen LogP contribution is -2.58. The quantitative estimate of drug-likeness (QED) is 0.660. The Morgan fingerprint density at radius 3 is 2.86 bits per heavy atom. The molecule has 0 bridgehead atoms. The summed E-state index contributed by atoms with van der Waals surface area (Å²) in [6.45, 7) is 2.42. The predicted molar refractivity (Wildman–Crippen MR) is 104 cm³/mol. The Hall–Kier alpha value is -3.39. The van der Waals surface area contributed by atoms with Crippen molar-refractivity contribution in [1.82, 2.24) is 10.3 Å². The van der Waals surface area contributed by atoms with E-state index in [2.05, 4.69) is 10.3 Å². The summed E-state index contributed by atoms with van der Waals surface area (Å²) in [6, 6.07) is 10.8. The lowest BCUT2D eigenvalue weighted by molar-refractivity contribution is -0.124. The molecule has 150 valence electrons. The zero-order chi connectivity index (χ0) is 20.4. The molecule has 1 aliphatic heterocycles. The molecule has 1 fully saturated rings. The van der Waals surface area contributed by atoms with Crippen LogP contribution >= 0.6 is 0 Å². The summed E-state index contributed by atoms with van der Waals surface area (Å²) in [7, 11) is 0. The van der Waals surface area contributed by atoms with E-state index in [4.69, 9.17) is 19.6 Å². The summed E-state index contributed by atoms with van der Waals surface area (Å²) in [5, 5.41) is 3.35. The lowest BCUT2D eigenvalue weighted by atomic mass is 9.97. The number of hydrogen-bond donors (Lipinski definition) is 2. The molecule has 1 saturated heterocycles. The van der Waals surface area contributed by atoms with E-state index >= 15 is 0 Å². The van der Waals surface area contributed by atoms with Crippen molar-refractivity contribution in [2.75, 3.05) is 13.2 Å². The Labute approximate surface area is 167 Å². The van der Waals surface area contributed by atoms with Gasteiger partial charge in [-0.05, 0) is 37.3 Å². The maximum atomic E-state index is 13.0. The second-order valence-electron chi connectivity index (χ2n) is 7.00. The van der Waals surface area contributed by atoms with Crippen molar-refractivity contribution in [3.05, 3.63) is 59.6 Å². The van der Waals surface area contributed by atoms with Crippen LogP contribution in [0.5, 0.6) is 5.75 Å². The lowest BCUT2D eigenvalue weighted by Gasteiger charge is -2.24. The van der Waals surface area contributed by atoms with E-state index in [0.717, 1.165) is 5.69 Å². The third kappa shape index (κ3) is 3.66. The monoisotopic (exact) mass is 395 g/mol. The molecule has 0 radical (unpaired) electrons. The van der Waals surface area contributed by atoms with Crippen LogP contribution in [0.4, 0.5) is 0 Å². The van der Waals surface area contributed by atoms with Crippen molar-refractivity contribution >= 4 is 22.8 Å². The fourth-order valence-corrected chi connectivity index (χ4v) is 3.41. The Balaban J connectivity index is 1.61. The van der Waals surface area contributed by atoms with Gasteiger partial charge in [-0.25, -0.2) is 0 Å². The topological polar surface area (TPSA) is 117 Å². The van der Waals surface area contributed by atoms with Crippen LogP contribution in [0.1, 0.15) is 28.2 Å². The highest BCUT2D eigenvalue weighted by Gasteiger charge is 2.43. The zero-order valence-electron chi connectivity index (χ0n) is 15.9. The maximum Gasteiger partial charge on any atom is 0.256 e. The number of furan rings is 1. The first kappa shape index (κ1) is 18.9. The fraction of sp³-hybridized carbons (Fsp3) is 0.286. The molecule has 3 N–H and O–H groups in total. The van der Waals surface area contributed by atoms with Gasteiger partial charge in [-0.15, -0.1) is 0 Å². The van der Waals surface area contributed by atoms with E-state index in [1.807, 2.05) is 18.2 Å². The summed E-state index contributed by atoms with van der Waals surface area (Å²) in [5.41, 5.74) is 6.00. The molecule has 0 saturated carbocycles. The van der Waals surface area contributed by atoms with Crippen LogP contribution in [-0.2, 0) is 16.1 Å². The zero-order valence-corrected chi connectivity index (χ0v) is 15.9. The number of pyridine rings is 1. The van der Waals surface area contributed by atoms with Crippen molar-refractivity contribution in [1.29, 1.82) is 0 Å². The number of aromatic nitrogens is 1. The van der Waals surface area contributed by atoms with Crippen molar-refractivity contribution in [2.24, 2.45) is 5.73 Å². The number of nitrogens with two attached hydrogens (primary N) is 1. The number of primary amides is 1. The normalized spacial score (nSPS) is 18.7. The Kier molecular flexibility index (Phi) is 4.94. The molecule has 3 aromatic rings. The molecule has 29 heavy (non-hydrogen) atoms. The van der Waals surface area contributed by atoms with Gasteiger partial charge < -0.3 is 24.9 Å². The first-order valence-electron chi connectivity index (χ1n) is 9.24. The van der Waals surface area contributed by atoms with Crippen molar-refractivity contribution in [2.45, 2.75) is 25.5 Å². The molecule has 3 heterocycles. The average Bonchev–Trinajstić information content (AvgIpc) is 3.31. The van der Waals surface area contributed by atoms with Gasteiger partial charge in [0.2, 0.25) is 5.91 Å². The van der Waals surface area contributed by atoms with Gasteiger partial charge in [0.1, 0.15) is 29.2 Å². The van der Waals surface area contributed by atoms with E-state index < -0.39 is 17.4 Å². The second kappa shape index (κ2) is 7.56. The van der Waals surface area contributed by atoms with Gasteiger partial charge in [-0.3, -0.25) is 14.6 Å². The largest absolute Gasteiger partial charge is 0.487 e. The molecule has 4 rings (SSSR count). The number of benzene rings is 1. The molecular formula is C21H21N3O5. The molecular weight excluding hydrogens is 374 g/mol. The van der Waals surface area contributed by atoms with Crippen LogP contribution in [0.3, 0.4) is 0 Å². The second-order valence-corrected chi connectivity index (χ2v) is 7.00. The van der Waals surface area contributed by atoms with E-state index in [9.17, 15) is 9.59 Å². The minimum absolute atomic E-state index is 0.0569. The Bertz CT molecular complexity index is 1050. The molecule has 0 spiro atoms. The molecule has 0 aliphatic carbocycles. The van der Waals surface area contributed by atoms with Gasteiger partial charge >= 0.3 is 0 Å². The average molecular weight is 395 g/mol. The highest BCUT2D eigenvalue weighted by Crippen LogP contribution is 2.30. The predicted octanol–water partition coefficient (Wildman–Crippen LogP) is 2.09. The molecule has 2 aromatic heterocycles. The molecule has 1 atom stereocenters. The third-order valence-corrected chi connectivity index (χ3v) is 5.02. The number of fused-ring (bicyclic) bond motifs is 1. The highest BCUT2D eigenvalue weighted by atomic mass is 16.5. The number of hydrogen-bond acceptors (Lipinski definition) is 6. The number of carbonyl (C=O) groups excluding carboxylic acids is 2. The number of nitrogens with one attached hydrogen (secondary N) is 1. The van der Waals surface area contributed by atoms with Gasteiger partial charge in [-0.2, -0.15) is 0 Å². The summed E-state index contributed by atoms with van der Waals surface area (Å²) in [6.07, 6.45) is 2.03. The van der Waals surface area contributed by atoms with Gasteiger partial charge in [0.05, 0.1) is 17.9 Å². The minimum Gasteiger partial charge on any atom is -0.487 e. The van der Waals surface area contributed by atoms with E-state index in [1.54, 1.807) is 31.3 Å². The molecule has 8 heteroatoms. The first-order chi connectivity index (χ1) is 14.0. The number of rotatable bonds is 6. The van der Waals surface area contributed by atoms with E-state index in [0.29, 0.717) is 47.7 Å². The number of amides is 2.